The molecule has 2 heteroatoms. The van der Waals surface area contributed by atoms with E-state index in [2.05, 4.69) is 6.58 Å². The lowest BCUT2D eigenvalue weighted by molar-refractivity contribution is 0.101. The maximum Gasteiger partial charge on any atom is 0.160 e. The summed E-state index contributed by atoms with van der Waals surface area (Å²) >= 11 is 0. The zero-order valence-corrected chi connectivity index (χ0v) is 11.4. The number of carbonyl (C=O) groups is 1. The number of allylic oxidation sites excluding steroid dienone is 1. The summed E-state index contributed by atoms with van der Waals surface area (Å²) in [6.45, 7) is 7.96. The van der Waals surface area contributed by atoms with Crippen LogP contribution in [0.25, 0.3) is 0 Å². The van der Waals surface area contributed by atoms with Gasteiger partial charge in [0.25, 0.3) is 0 Å². The summed E-state index contributed by atoms with van der Waals surface area (Å²) < 4.78 is 5.66. The highest BCUT2D eigenvalue weighted by Crippen LogP contribution is 2.18. The van der Waals surface area contributed by atoms with Crippen LogP contribution in [0.4, 0.5) is 0 Å². The third-order valence-corrected chi connectivity index (χ3v) is 2.90. The zero-order chi connectivity index (χ0) is 13.4. The summed E-state index contributed by atoms with van der Waals surface area (Å²) in [6.07, 6.45) is 6.42. The third-order valence-electron chi connectivity index (χ3n) is 2.90. The van der Waals surface area contributed by atoms with Crippen molar-refractivity contribution in [2.24, 2.45) is 0 Å². The quantitative estimate of drug-likeness (QED) is 0.376. The van der Waals surface area contributed by atoms with Gasteiger partial charge in [0.1, 0.15) is 5.75 Å². The Morgan fingerprint density at radius 1 is 1.32 bits per heavy atom. The van der Waals surface area contributed by atoms with Crippen LogP contribution in [-0.2, 0) is 0 Å². The molecule has 0 radical (unpaired) electrons. The second-order valence-corrected chi connectivity index (χ2v) is 4.52. The van der Waals surface area contributed by atoms with Gasteiger partial charge in [-0.3, -0.25) is 4.79 Å². The highest BCUT2D eigenvalue weighted by Gasteiger charge is 2.04. The summed E-state index contributed by atoms with van der Waals surface area (Å²) in [5.41, 5.74) is 1.75. The molecule has 1 rings (SSSR count). The molecule has 1 aromatic rings. The highest BCUT2D eigenvalue weighted by molar-refractivity contribution is 5.95. The molecule has 0 spiro atoms. The molecule has 0 aliphatic rings. The van der Waals surface area contributed by atoms with Crippen LogP contribution in [0, 0.1) is 6.92 Å². The lowest BCUT2D eigenvalue weighted by Crippen LogP contribution is -2.00. The molecule has 0 fully saturated rings. The van der Waals surface area contributed by atoms with Crippen molar-refractivity contribution in [3.8, 4) is 5.75 Å². The van der Waals surface area contributed by atoms with Gasteiger partial charge in [0, 0.05) is 5.56 Å². The Morgan fingerprint density at radius 3 is 2.63 bits per heavy atom. The molecule has 0 saturated heterocycles. The molecule has 0 saturated carbocycles. The first-order chi connectivity index (χ1) is 8.65. The number of unbranched alkanes of at least 4 members (excludes halogenated alkanes) is 3. The van der Waals surface area contributed by atoms with E-state index in [1.54, 1.807) is 6.92 Å². The second kappa shape index (κ2) is 9.37. The van der Waals surface area contributed by atoms with E-state index in [1.165, 1.54) is 6.42 Å². The predicted molar refractivity (Wildman–Crippen MR) is 82.1 cm³/mol. The monoisotopic (exact) mass is 262 g/mol. The maximum absolute atomic E-state index is 11.3. The number of ether oxygens (including phenoxy) is 1. The molecule has 0 unspecified atom stereocenters. The topological polar surface area (TPSA) is 26.3 Å². The van der Waals surface area contributed by atoms with E-state index in [0.29, 0.717) is 0 Å². The zero-order valence-electron chi connectivity index (χ0n) is 11.4. The number of Topliss-reactive ketones (excluding diaryl/α,β-unsaturated/α-hetero) is 1. The fourth-order valence-corrected chi connectivity index (χ4v) is 1.88. The second-order valence-electron chi connectivity index (χ2n) is 4.52. The van der Waals surface area contributed by atoms with Gasteiger partial charge in [0.2, 0.25) is 0 Å². The minimum Gasteiger partial charge on any atom is -0.494 e. The number of carbonyl (C=O) groups excluding carboxylic acids is 1. The minimum absolute atomic E-state index is 0. The van der Waals surface area contributed by atoms with Crippen molar-refractivity contribution in [2.45, 2.75) is 47.0 Å². The van der Waals surface area contributed by atoms with Crippen LogP contribution in [0.5, 0.6) is 5.75 Å². The van der Waals surface area contributed by atoms with Gasteiger partial charge in [-0.25, -0.2) is 0 Å². The summed E-state index contributed by atoms with van der Waals surface area (Å²) in [6, 6.07) is 5.64. The molecule has 1 aromatic carbocycles. The molecule has 0 N–H and O–H groups in total. The summed E-state index contributed by atoms with van der Waals surface area (Å²) in [7, 11) is 0. The van der Waals surface area contributed by atoms with E-state index in [9.17, 15) is 4.79 Å². The molecule has 0 amide bonds. The van der Waals surface area contributed by atoms with Gasteiger partial charge in [0.05, 0.1) is 6.61 Å². The van der Waals surface area contributed by atoms with E-state index in [0.717, 1.165) is 42.7 Å². The van der Waals surface area contributed by atoms with E-state index in [1.807, 2.05) is 31.2 Å². The number of rotatable bonds is 8. The van der Waals surface area contributed by atoms with Gasteiger partial charge in [-0.05, 0) is 63.3 Å². The van der Waals surface area contributed by atoms with Crippen LogP contribution in [0.15, 0.2) is 30.9 Å². The molecule has 0 aliphatic heterocycles. The first-order valence-electron chi connectivity index (χ1n) is 6.50. The minimum atomic E-state index is 0. The van der Waals surface area contributed by atoms with Crippen molar-refractivity contribution >= 4 is 5.78 Å². The Morgan fingerprint density at radius 2 is 2.05 bits per heavy atom. The number of hydrogen-bond acceptors (Lipinski definition) is 2. The first kappa shape index (κ1) is 17.4. The van der Waals surface area contributed by atoms with Gasteiger partial charge in [-0.2, -0.15) is 0 Å². The van der Waals surface area contributed by atoms with Crippen LogP contribution in [0.1, 0.15) is 56.0 Å². The van der Waals surface area contributed by atoms with Crippen molar-refractivity contribution in [3.05, 3.63) is 42.0 Å². The van der Waals surface area contributed by atoms with Crippen LogP contribution >= 0.6 is 0 Å². The number of hydrogen-bond donors (Lipinski definition) is 0. The Kier molecular flexibility index (Phi) is 8.60. The molecule has 0 aliphatic carbocycles. The van der Waals surface area contributed by atoms with E-state index in [-0.39, 0.29) is 13.2 Å². The lowest BCUT2D eigenvalue weighted by atomic mass is 10.1. The standard InChI is InChI=1S/C16H22O2.CH4/c1-4-5-6-7-8-11-18-15-9-10-16(14(3)17)13(2)12-15;/h4,9-10,12H,1,5-8,11H2,2-3H3;1H4. The van der Waals surface area contributed by atoms with Gasteiger partial charge >= 0.3 is 0 Å². The maximum atomic E-state index is 11.3. The molecule has 2 nitrogen and oxygen atoms in total. The number of benzene rings is 1. The van der Waals surface area contributed by atoms with Crippen molar-refractivity contribution < 1.29 is 9.53 Å². The molecule has 106 valence electrons. The average Bonchev–Trinajstić information content (AvgIpc) is 2.33. The number of ketones is 1. The van der Waals surface area contributed by atoms with Gasteiger partial charge in [-0.1, -0.05) is 13.5 Å². The van der Waals surface area contributed by atoms with Crippen molar-refractivity contribution in [2.75, 3.05) is 6.61 Å². The number of aryl methyl sites for hydroxylation is 1. The lowest BCUT2D eigenvalue weighted by Gasteiger charge is -2.08. The van der Waals surface area contributed by atoms with Gasteiger partial charge < -0.3 is 4.74 Å². The Labute approximate surface area is 117 Å². The normalized spacial score (nSPS) is 9.58. The summed E-state index contributed by atoms with van der Waals surface area (Å²) in [5.74, 6) is 0.949. The van der Waals surface area contributed by atoms with Gasteiger partial charge in [-0.15, -0.1) is 6.58 Å². The fourth-order valence-electron chi connectivity index (χ4n) is 1.88. The Hall–Kier alpha value is -1.57. The van der Waals surface area contributed by atoms with Crippen LogP contribution in [0.3, 0.4) is 0 Å². The third kappa shape index (κ3) is 6.23. The van der Waals surface area contributed by atoms with Crippen LogP contribution < -0.4 is 4.74 Å². The molecule has 0 heterocycles. The highest BCUT2D eigenvalue weighted by atomic mass is 16.5. The predicted octanol–water partition coefficient (Wildman–Crippen LogP) is 4.96. The van der Waals surface area contributed by atoms with E-state index < -0.39 is 0 Å². The molecule has 0 bridgehead atoms. The van der Waals surface area contributed by atoms with Crippen molar-refractivity contribution in [3.63, 3.8) is 0 Å². The van der Waals surface area contributed by atoms with Gasteiger partial charge in [0.15, 0.2) is 5.78 Å². The largest absolute Gasteiger partial charge is 0.494 e. The van der Waals surface area contributed by atoms with Crippen molar-refractivity contribution in [1.82, 2.24) is 0 Å². The molecular weight excluding hydrogens is 236 g/mol. The molecule has 19 heavy (non-hydrogen) atoms. The van der Waals surface area contributed by atoms with Crippen LogP contribution in [0.2, 0.25) is 0 Å². The van der Waals surface area contributed by atoms with E-state index >= 15 is 0 Å². The van der Waals surface area contributed by atoms with Crippen molar-refractivity contribution in [1.29, 1.82) is 0 Å². The van der Waals surface area contributed by atoms with Crippen LogP contribution in [-0.4, -0.2) is 12.4 Å². The SMILES string of the molecule is C.C=CCCCCCOc1ccc(C(C)=O)c(C)c1. The average molecular weight is 262 g/mol. The summed E-state index contributed by atoms with van der Waals surface area (Å²) in [4.78, 5) is 11.3. The smallest absolute Gasteiger partial charge is 0.160 e. The Balaban J connectivity index is 0.00000324. The first-order valence-corrected chi connectivity index (χ1v) is 6.50. The Bertz CT molecular complexity index is 408. The molecular formula is C17H26O2. The fraction of sp³-hybridized carbons (Fsp3) is 0.471. The summed E-state index contributed by atoms with van der Waals surface area (Å²) in [5, 5.41) is 0. The molecule has 0 aromatic heterocycles. The van der Waals surface area contributed by atoms with E-state index in [4.69, 9.17) is 4.74 Å². The molecule has 0 atom stereocenters.